The van der Waals surface area contributed by atoms with Gasteiger partial charge in [0.25, 0.3) is 0 Å². The highest BCUT2D eigenvalue weighted by Crippen LogP contribution is 2.13. The first-order valence-electron chi connectivity index (χ1n) is 18.7. The van der Waals surface area contributed by atoms with Crippen molar-refractivity contribution in [2.45, 2.75) is 199 Å². The van der Waals surface area contributed by atoms with Crippen LogP contribution in [0.1, 0.15) is 187 Å². The third kappa shape index (κ3) is 31.8. The van der Waals surface area contributed by atoms with Crippen molar-refractivity contribution in [2.75, 3.05) is 6.61 Å². The number of rotatable bonds is 33. The van der Waals surface area contributed by atoms with Gasteiger partial charge < -0.3 is 15.5 Å². The highest BCUT2D eigenvalue weighted by molar-refractivity contribution is 5.76. The van der Waals surface area contributed by atoms with Crippen molar-refractivity contribution in [1.82, 2.24) is 5.32 Å². The fourth-order valence-corrected chi connectivity index (χ4v) is 5.42. The van der Waals surface area contributed by atoms with Crippen molar-refractivity contribution in [3.05, 3.63) is 36.5 Å². The molecule has 43 heavy (non-hydrogen) atoms. The summed E-state index contributed by atoms with van der Waals surface area (Å²) in [6.07, 6.45) is 45.1. The van der Waals surface area contributed by atoms with E-state index in [1.165, 1.54) is 122 Å². The molecule has 3 N–H and O–H groups in total. The highest BCUT2D eigenvalue weighted by atomic mass is 16.3. The van der Waals surface area contributed by atoms with Gasteiger partial charge in [-0.2, -0.15) is 0 Å². The monoisotopic (exact) mass is 604 g/mol. The molecule has 252 valence electrons. The predicted octanol–water partition coefficient (Wildman–Crippen LogP) is 11.1. The first-order valence-corrected chi connectivity index (χ1v) is 18.7. The first-order chi connectivity index (χ1) is 21.2. The lowest BCUT2D eigenvalue weighted by atomic mass is 10.1. The smallest absolute Gasteiger partial charge is 0.220 e. The number of carbonyl (C=O) groups is 1. The second kappa shape index (κ2) is 35.1. The number of aliphatic hydroxyl groups excluding tert-OH is 2. The molecule has 0 bridgehead atoms. The van der Waals surface area contributed by atoms with Gasteiger partial charge in [0.05, 0.1) is 18.8 Å². The van der Waals surface area contributed by atoms with E-state index in [1.54, 1.807) is 6.08 Å². The summed E-state index contributed by atoms with van der Waals surface area (Å²) in [4.78, 5) is 12.3. The van der Waals surface area contributed by atoms with Crippen molar-refractivity contribution >= 4 is 5.91 Å². The fourth-order valence-electron chi connectivity index (χ4n) is 5.42. The van der Waals surface area contributed by atoms with Crippen LogP contribution in [-0.4, -0.2) is 34.9 Å². The first kappa shape index (κ1) is 41.6. The Morgan fingerprint density at radius 3 is 1.35 bits per heavy atom. The minimum Gasteiger partial charge on any atom is -0.394 e. The van der Waals surface area contributed by atoms with E-state index in [4.69, 9.17) is 0 Å². The summed E-state index contributed by atoms with van der Waals surface area (Å²) in [6.45, 7) is 4.27. The van der Waals surface area contributed by atoms with Crippen LogP contribution in [0.25, 0.3) is 0 Å². The average Bonchev–Trinajstić information content (AvgIpc) is 3.01. The summed E-state index contributed by atoms with van der Waals surface area (Å²) in [6, 6.07) is -0.640. The molecule has 0 aromatic rings. The Balaban J connectivity index is 3.69. The Bertz CT molecular complexity index is 657. The van der Waals surface area contributed by atoms with E-state index in [0.29, 0.717) is 6.42 Å². The van der Waals surface area contributed by atoms with Gasteiger partial charge in [-0.15, -0.1) is 0 Å². The predicted molar refractivity (Wildman–Crippen MR) is 188 cm³/mol. The van der Waals surface area contributed by atoms with Crippen molar-refractivity contribution < 1.29 is 15.0 Å². The van der Waals surface area contributed by atoms with Gasteiger partial charge >= 0.3 is 0 Å². The third-order valence-electron chi connectivity index (χ3n) is 8.35. The number of nitrogens with one attached hydrogen (secondary N) is 1. The molecule has 0 saturated heterocycles. The maximum Gasteiger partial charge on any atom is 0.220 e. The molecule has 0 aliphatic carbocycles. The molecule has 1 amide bonds. The van der Waals surface area contributed by atoms with Gasteiger partial charge in [-0.25, -0.2) is 0 Å². The van der Waals surface area contributed by atoms with Crippen LogP contribution in [0.2, 0.25) is 0 Å². The molecule has 0 aliphatic heterocycles. The molecule has 4 heteroatoms. The van der Waals surface area contributed by atoms with Crippen LogP contribution >= 0.6 is 0 Å². The van der Waals surface area contributed by atoms with Crippen LogP contribution in [-0.2, 0) is 4.79 Å². The van der Waals surface area contributed by atoms with Crippen LogP contribution in [0.5, 0.6) is 0 Å². The van der Waals surface area contributed by atoms with E-state index in [1.807, 2.05) is 6.08 Å². The highest BCUT2D eigenvalue weighted by Gasteiger charge is 2.17. The molecule has 4 nitrogen and oxygen atoms in total. The van der Waals surface area contributed by atoms with Gasteiger partial charge in [0.2, 0.25) is 5.91 Å². The van der Waals surface area contributed by atoms with Gasteiger partial charge in [-0.05, 0) is 57.8 Å². The zero-order valence-corrected chi connectivity index (χ0v) is 28.7. The molecule has 0 fully saturated rings. The number of aliphatic hydroxyl groups is 2. The SMILES string of the molecule is CCCCCCC/C=C\CCCCCCCC(=O)NC(CO)C(O)/C=C/CC/C=C/CCCCCCCCCCCCC. The van der Waals surface area contributed by atoms with E-state index in [9.17, 15) is 15.0 Å². The van der Waals surface area contributed by atoms with Crippen LogP contribution in [0.3, 0.4) is 0 Å². The maximum absolute atomic E-state index is 12.3. The van der Waals surface area contributed by atoms with Crippen LogP contribution in [0.15, 0.2) is 36.5 Å². The number of allylic oxidation sites excluding steroid dienone is 5. The van der Waals surface area contributed by atoms with Crippen LogP contribution < -0.4 is 5.32 Å². The summed E-state index contributed by atoms with van der Waals surface area (Å²) in [7, 11) is 0. The van der Waals surface area contributed by atoms with E-state index < -0.39 is 12.1 Å². The zero-order valence-electron chi connectivity index (χ0n) is 28.7. The number of hydrogen-bond donors (Lipinski definition) is 3. The van der Waals surface area contributed by atoms with Crippen molar-refractivity contribution in [3.63, 3.8) is 0 Å². The molecular formula is C39H73NO3. The second-order valence-electron chi connectivity index (χ2n) is 12.6. The lowest BCUT2D eigenvalue weighted by molar-refractivity contribution is -0.123. The Morgan fingerprint density at radius 1 is 0.535 bits per heavy atom. The summed E-state index contributed by atoms with van der Waals surface area (Å²) in [5.74, 6) is -0.0845. The van der Waals surface area contributed by atoms with Gasteiger partial charge in [0.1, 0.15) is 0 Å². The molecule has 0 spiro atoms. The molecule has 0 radical (unpaired) electrons. The number of carbonyl (C=O) groups excluding carboxylic acids is 1. The molecule has 0 aromatic heterocycles. The van der Waals surface area contributed by atoms with Crippen molar-refractivity contribution in [1.29, 1.82) is 0 Å². The molecule has 0 saturated carbocycles. The lowest BCUT2D eigenvalue weighted by Crippen LogP contribution is -2.45. The third-order valence-corrected chi connectivity index (χ3v) is 8.35. The molecule has 0 heterocycles. The maximum atomic E-state index is 12.3. The average molecular weight is 604 g/mol. The van der Waals surface area contributed by atoms with Crippen molar-refractivity contribution in [3.8, 4) is 0 Å². The Morgan fingerprint density at radius 2 is 0.907 bits per heavy atom. The molecule has 0 aromatic carbocycles. The topological polar surface area (TPSA) is 69.6 Å². The normalized spacial score (nSPS) is 13.5. The largest absolute Gasteiger partial charge is 0.394 e. The summed E-state index contributed by atoms with van der Waals surface area (Å²) >= 11 is 0. The quantitative estimate of drug-likeness (QED) is 0.0516. The summed E-state index contributed by atoms with van der Waals surface area (Å²) in [5, 5.41) is 22.9. The standard InChI is InChI=1S/C39H73NO3/c1-3-5-7-9-11-13-15-17-19-20-21-22-24-26-28-30-32-34-38(42)37(36-41)40-39(43)35-33-31-29-27-25-23-18-16-14-12-10-8-6-4-2/h16,18,24,26,32,34,37-38,41-42H,3-15,17,19-23,25,27-31,33,35-36H2,1-2H3,(H,40,43)/b18-16-,26-24+,34-32+. The van der Waals surface area contributed by atoms with Crippen molar-refractivity contribution in [2.24, 2.45) is 0 Å². The molecule has 2 unspecified atom stereocenters. The summed E-state index contributed by atoms with van der Waals surface area (Å²) < 4.78 is 0. The Labute approximate surface area is 268 Å². The molecular weight excluding hydrogens is 530 g/mol. The van der Waals surface area contributed by atoms with Crippen LogP contribution in [0, 0.1) is 0 Å². The second-order valence-corrected chi connectivity index (χ2v) is 12.6. The van der Waals surface area contributed by atoms with E-state index in [2.05, 4.69) is 43.5 Å². The zero-order chi connectivity index (χ0) is 31.5. The van der Waals surface area contributed by atoms with Gasteiger partial charge in [0.15, 0.2) is 0 Å². The Hall–Kier alpha value is -1.39. The fraction of sp³-hybridized carbons (Fsp3) is 0.821. The number of hydrogen-bond acceptors (Lipinski definition) is 3. The Kier molecular flexibility index (Phi) is 34.0. The molecule has 0 rings (SSSR count). The van der Waals surface area contributed by atoms with Gasteiger partial charge in [0, 0.05) is 6.42 Å². The molecule has 0 aliphatic rings. The van der Waals surface area contributed by atoms with Crippen LogP contribution in [0.4, 0.5) is 0 Å². The molecule has 2 atom stereocenters. The van der Waals surface area contributed by atoms with Gasteiger partial charge in [-0.1, -0.05) is 159 Å². The van der Waals surface area contributed by atoms with E-state index in [0.717, 1.165) is 44.9 Å². The summed E-state index contributed by atoms with van der Waals surface area (Å²) in [5.41, 5.74) is 0. The number of amides is 1. The van der Waals surface area contributed by atoms with Gasteiger partial charge in [-0.3, -0.25) is 4.79 Å². The van der Waals surface area contributed by atoms with E-state index in [-0.39, 0.29) is 12.5 Å². The lowest BCUT2D eigenvalue weighted by Gasteiger charge is -2.19. The number of unbranched alkanes of at least 4 members (excludes halogenated alkanes) is 22. The van der Waals surface area contributed by atoms with E-state index >= 15 is 0 Å². The minimum atomic E-state index is -0.862. The minimum absolute atomic E-state index is 0.0845.